The molecule has 0 aromatic carbocycles. The van der Waals surface area contributed by atoms with Gasteiger partial charge in [0.1, 0.15) is 0 Å². The zero-order valence-corrected chi connectivity index (χ0v) is 13.1. The van der Waals surface area contributed by atoms with Crippen LogP contribution >= 0.6 is 11.3 Å². The van der Waals surface area contributed by atoms with Gasteiger partial charge in [-0.25, -0.2) is 4.52 Å². The summed E-state index contributed by atoms with van der Waals surface area (Å²) in [5.74, 6) is 0. The van der Waals surface area contributed by atoms with E-state index in [1.54, 1.807) is 11.3 Å². The number of hydrogen-bond acceptors (Lipinski definition) is 3. The standard InChI is InChI=1S/C17H21N3S/c1-2-9-18-16(7-6-14-8-11-21-13-14)15-12-19-20-10-4-3-5-17(15)20/h3-5,8,10-13,16,18H,2,6-7,9H2,1H3. The van der Waals surface area contributed by atoms with E-state index in [2.05, 4.69) is 46.3 Å². The summed E-state index contributed by atoms with van der Waals surface area (Å²) in [6.45, 7) is 3.25. The first-order chi connectivity index (χ1) is 10.4. The predicted octanol–water partition coefficient (Wildman–Crippen LogP) is 4.07. The van der Waals surface area contributed by atoms with Crippen molar-refractivity contribution in [3.63, 3.8) is 0 Å². The molecule has 0 amide bonds. The Morgan fingerprint density at radius 1 is 1.33 bits per heavy atom. The Balaban J connectivity index is 1.80. The average Bonchev–Trinajstić information content (AvgIpc) is 3.17. The van der Waals surface area contributed by atoms with Crippen LogP contribution in [0.3, 0.4) is 0 Å². The summed E-state index contributed by atoms with van der Waals surface area (Å²) in [7, 11) is 0. The molecule has 110 valence electrons. The first-order valence-corrected chi connectivity index (χ1v) is 8.49. The molecule has 4 heteroatoms. The number of rotatable bonds is 7. The molecule has 21 heavy (non-hydrogen) atoms. The van der Waals surface area contributed by atoms with E-state index in [-0.39, 0.29) is 0 Å². The Morgan fingerprint density at radius 3 is 3.10 bits per heavy atom. The van der Waals surface area contributed by atoms with E-state index < -0.39 is 0 Å². The van der Waals surface area contributed by atoms with Gasteiger partial charge in [-0.3, -0.25) is 0 Å². The molecule has 1 atom stereocenters. The van der Waals surface area contributed by atoms with Crippen LogP contribution in [0, 0.1) is 0 Å². The number of aryl methyl sites for hydroxylation is 1. The zero-order valence-electron chi connectivity index (χ0n) is 12.3. The molecule has 0 aliphatic rings. The summed E-state index contributed by atoms with van der Waals surface area (Å²) in [6.07, 6.45) is 7.38. The fourth-order valence-corrected chi connectivity index (χ4v) is 3.36. The molecule has 0 saturated heterocycles. The number of nitrogens with zero attached hydrogens (tertiary/aromatic N) is 2. The van der Waals surface area contributed by atoms with E-state index >= 15 is 0 Å². The number of thiophene rings is 1. The molecule has 0 aliphatic carbocycles. The zero-order chi connectivity index (χ0) is 14.5. The predicted molar refractivity (Wildman–Crippen MR) is 88.9 cm³/mol. The lowest BCUT2D eigenvalue weighted by Gasteiger charge is -2.17. The Kier molecular flexibility index (Phi) is 4.68. The molecule has 3 heterocycles. The van der Waals surface area contributed by atoms with Crippen molar-refractivity contribution >= 4 is 16.9 Å². The van der Waals surface area contributed by atoms with Crippen molar-refractivity contribution in [3.8, 4) is 0 Å². The van der Waals surface area contributed by atoms with Crippen LogP contribution in [0.15, 0.2) is 47.4 Å². The minimum atomic E-state index is 0.366. The third-order valence-corrected chi connectivity index (χ3v) is 4.51. The van der Waals surface area contributed by atoms with Gasteiger partial charge in [0.2, 0.25) is 0 Å². The monoisotopic (exact) mass is 299 g/mol. The van der Waals surface area contributed by atoms with Crippen LogP contribution in [0.25, 0.3) is 5.52 Å². The van der Waals surface area contributed by atoms with Gasteiger partial charge in [0.25, 0.3) is 0 Å². The lowest BCUT2D eigenvalue weighted by molar-refractivity contribution is 0.502. The molecule has 0 radical (unpaired) electrons. The largest absolute Gasteiger partial charge is 0.310 e. The molecule has 0 saturated carbocycles. The van der Waals surface area contributed by atoms with Crippen LogP contribution in [0.5, 0.6) is 0 Å². The minimum Gasteiger partial charge on any atom is -0.310 e. The molecular formula is C17H21N3S. The normalized spacial score (nSPS) is 12.8. The summed E-state index contributed by atoms with van der Waals surface area (Å²) >= 11 is 1.77. The summed E-state index contributed by atoms with van der Waals surface area (Å²) in [4.78, 5) is 0. The van der Waals surface area contributed by atoms with Crippen molar-refractivity contribution in [2.75, 3.05) is 6.54 Å². The molecule has 1 unspecified atom stereocenters. The summed E-state index contributed by atoms with van der Waals surface area (Å²) in [5, 5.41) is 12.5. The number of aromatic nitrogens is 2. The van der Waals surface area contributed by atoms with Gasteiger partial charge in [-0.05, 0) is 60.3 Å². The maximum Gasteiger partial charge on any atom is 0.0709 e. The number of pyridine rings is 1. The number of fused-ring (bicyclic) bond motifs is 1. The number of nitrogens with one attached hydrogen (secondary N) is 1. The molecular weight excluding hydrogens is 278 g/mol. The second-order valence-electron chi connectivity index (χ2n) is 5.31. The maximum atomic E-state index is 4.47. The summed E-state index contributed by atoms with van der Waals surface area (Å²) in [6, 6.07) is 8.83. The smallest absolute Gasteiger partial charge is 0.0709 e. The van der Waals surface area contributed by atoms with E-state index in [9.17, 15) is 0 Å². The summed E-state index contributed by atoms with van der Waals surface area (Å²) < 4.78 is 1.96. The molecule has 0 bridgehead atoms. The van der Waals surface area contributed by atoms with E-state index in [0.717, 1.165) is 25.8 Å². The Morgan fingerprint density at radius 2 is 2.29 bits per heavy atom. The van der Waals surface area contributed by atoms with Gasteiger partial charge in [0, 0.05) is 17.8 Å². The molecule has 0 fully saturated rings. The van der Waals surface area contributed by atoms with Crippen molar-refractivity contribution in [3.05, 3.63) is 58.5 Å². The highest BCUT2D eigenvalue weighted by atomic mass is 32.1. The van der Waals surface area contributed by atoms with Gasteiger partial charge in [-0.1, -0.05) is 13.0 Å². The fourth-order valence-electron chi connectivity index (χ4n) is 2.65. The van der Waals surface area contributed by atoms with Crippen LogP contribution in [-0.4, -0.2) is 16.2 Å². The molecule has 0 spiro atoms. The van der Waals surface area contributed by atoms with Crippen LogP contribution in [0.1, 0.15) is 36.9 Å². The average molecular weight is 299 g/mol. The highest BCUT2D eigenvalue weighted by Crippen LogP contribution is 2.24. The van der Waals surface area contributed by atoms with Gasteiger partial charge in [0.05, 0.1) is 11.7 Å². The van der Waals surface area contributed by atoms with Gasteiger partial charge >= 0.3 is 0 Å². The van der Waals surface area contributed by atoms with Crippen LogP contribution in [0.4, 0.5) is 0 Å². The van der Waals surface area contributed by atoms with Gasteiger partial charge < -0.3 is 5.32 Å². The van der Waals surface area contributed by atoms with Crippen molar-refractivity contribution in [1.82, 2.24) is 14.9 Å². The first kappa shape index (κ1) is 14.3. The summed E-state index contributed by atoms with van der Waals surface area (Å²) in [5.41, 5.74) is 3.94. The third-order valence-electron chi connectivity index (χ3n) is 3.77. The lowest BCUT2D eigenvalue weighted by Crippen LogP contribution is -2.22. The lowest BCUT2D eigenvalue weighted by atomic mass is 10.0. The van der Waals surface area contributed by atoms with Crippen LogP contribution in [-0.2, 0) is 6.42 Å². The SMILES string of the molecule is CCCNC(CCc1ccsc1)c1cnn2ccccc12. The third kappa shape index (κ3) is 3.34. The van der Waals surface area contributed by atoms with Gasteiger partial charge in [-0.15, -0.1) is 0 Å². The van der Waals surface area contributed by atoms with Crippen LogP contribution < -0.4 is 5.32 Å². The Bertz CT molecular complexity index is 672. The quantitative estimate of drug-likeness (QED) is 0.712. The van der Waals surface area contributed by atoms with Crippen LogP contribution in [0.2, 0.25) is 0 Å². The second-order valence-corrected chi connectivity index (χ2v) is 6.09. The molecule has 3 rings (SSSR count). The van der Waals surface area contributed by atoms with Crippen molar-refractivity contribution < 1.29 is 0 Å². The van der Waals surface area contributed by atoms with Crippen molar-refractivity contribution in [1.29, 1.82) is 0 Å². The highest BCUT2D eigenvalue weighted by molar-refractivity contribution is 7.07. The maximum absolute atomic E-state index is 4.47. The van der Waals surface area contributed by atoms with E-state index in [0.29, 0.717) is 6.04 Å². The fraction of sp³-hybridized carbons (Fsp3) is 0.353. The Hall–Kier alpha value is -1.65. The molecule has 0 aliphatic heterocycles. The molecule has 3 aromatic heterocycles. The van der Waals surface area contributed by atoms with E-state index in [1.165, 1.54) is 16.6 Å². The topological polar surface area (TPSA) is 29.3 Å². The Labute approximate surface area is 129 Å². The van der Waals surface area contributed by atoms with E-state index in [1.807, 2.05) is 23.0 Å². The molecule has 3 aromatic rings. The van der Waals surface area contributed by atoms with Crippen molar-refractivity contribution in [2.24, 2.45) is 0 Å². The van der Waals surface area contributed by atoms with Crippen molar-refractivity contribution in [2.45, 2.75) is 32.2 Å². The minimum absolute atomic E-state index is 0.366. The molecule has 3 nitrogen and oxygen atoms in total. The van der Waals surface area contributed by atoms with E-state index in [4.69, 9.17) is 0 Å². The highest BCUT2D eigenvalue weighted by Gasteiger charge is 2.15. The van der Waals surface area contributed by atoms with Gasteiger partial charge in [-0.2, -0.15) is 16.4 Å². The number of hydrogen-bond donors (Lipinski definition) is 1. The second kappa shape index (κ2) is 6.87. The molecule has 1 N–H and O–H groups in total. The first-order valence-electron chi connectivity index (χ1n) is 7.55. The van der Waals surface area contributed by atoms with Gasteiger partial charge in [0.15, 0.2) is 0 Å².